The first-order chi connectivity index (χ1) is 8.70. The minimum absolute atomic E-state index is 0.0357. The van der Waals surface area contributed by atoms with Gasteiger partial charge in [-0.1, -0.05) is 0 Å². The molecule has 2 amide bonds. The van der Waals surface area contributed by atoms with Crippen LogP contribution in [-0.2, 0) is 14.3 Å². The van der Waals surface area contributed by atoms with Crippen LogP contribution in [0.3, 0.4) is 0 Å². The van der Waals surface area contributed by atoms with Crippen LogP contribution >= 0.6 is 0 Å². The van der Waals surface area contributed by atoms with Crippen LogP contribution in [0.2, 0.25) is 0 Å². The van der Waals surface area contributed by atoms with Crippen molar-refractivity contribution in [2.45, 2.75) is 38.2 Å². The molecular weight excluding hydrogens is 234 g/mol. The Labute approximate surface area is 107 Å². The van der Waals surface area contributed by atoms with Crippen LogP contribution in [0.15, 0.2) is 0 Å². The molecule has 0 radical (unpaired) electrons. The zero-order valence-electron chi connectivity index (χ0n) is 10.6. The van der Waals surface area contributed by atoms with Gasteiger partial charge in [0.1, 0.15) is 6.61 Å². The Morgan fingerprint density at radius 2 is 1.89 bits per heavy atom. The second-order valence-corrected chi connectivity index (χ2v) is 5.03. The van der Waals surface area contributed by atoms with E-state index in [1.54, 1.807) is 4.90 Å². The number of likely N-dealkylation sites (tertiary alicyclic amines) is 1. The standard InChI is InChI=1S/C12H21N3O3/c13-14-12(17)9-4-6-15(7-5-9)11(16)8-18-10-2-1-3-10/h9-10H,1-8,13H2,(H,14,17). The van der Waals surface area contributed by atoms with E-state index in [-0.39, 0.29) is 30.4 Å². The molecule has 18 heavy (non-hydrogen) atoms. The Morgan fingerprint density at radius 1 is 1.22 bits per heavy atom. The normalized spacial score (nSPS) is 21.5. The van der Waals surface area contributed by atoms with Crippen LogP contribution in [0, 0.1) is 5.92 Å². The molecule has 102 valence electrons. The molecule has 6 heteroatoms. The topological polar surface area (TPSA) is 84.7 Å². The van der Waals surface area contributed by atoms with Gasteiger partial charge in [0.25, 0.3) is 0 Å². The van der Waals surface area contributed by atoms with E-state index in [9.17, 15) is 9.59 Å². The van der Waals surface area contributed by atoms with Gasteiger partial charge in [-0.3, -0.25) is 15.0 Å². The second kappa shape index (κ2) is 6.15. The van der Waals surface area contributed by atoms with E-state index in [1.807, 2.05) is 0 Å². The number of hydrogen-bond acceptors (Lipinski definition) is 4. The van der Waals surface area contributed by atoms with E-state index in [0.717, 1.165) is 12.8 Å². The van der Waals surface area contributed by atoms with E-state index in [2.05, 4.69) is 5.43 Å². The van der Waals surface area contributed by atoms with Crippen molar-refractivity contribution in [3.05, 3.63) is 0 Å². The number of amides is 2. The molecule has 1 saturated carbocycles. The Kier molecular flexibility index (Phi) is 4.54. The van der Waals surface area contributed by atoms with Crippen LogP contribution in [0.5, 0.6) is 0 Å². The average Bonchev–Trinajstić information content (AvgIpc) is 2.36. The van der Waals surface area contributed by atoms with Crippen molar-refractivity contribution >= 4 is 11.8 Å². The highest BCUT2D eigenvalue weighted by Gasteiger charge is 2.27. The van der Waals surface area contributed by atoms with Crippen LogP contribution in [0.4, 0.5) is 0 Å². The molecule has 0 spiro atoms. The van der Waals surface area contributed by atoms with Crippen molar-refractivity contribution in [3.63, 3.8) is 0 Å². The summed E-state index contributed by atoms with van der Waals surface area (Å²) in [6.07, 6.45) is 5.00. The molecular formula is C12H21N3O3. The van der Waals surface area contributed by atoms with Crippen LogP contribution in [0.1, 0.15) is 32.1 Å². The van der Waals surface area contributed by atoms with Crippen LogP contribution < -0.4 is 11.3 Å². The van der Waals surface area contributed by atoms with Crippen molar-refractivity contribution in [3.8, 4) is 0 Å². The molecule has 2 fully saturated rings. The summed E-state index contributed by atoms with van der Waals surface area (Å²) in [5.74, 6) is 4.94. The number of hydrogen-bond donors (Lipinski definition) is 2. The Hall–Kier alpha value is -1.14. The largest absolute Gasteiger partial charge is 0.368 e. The molecule has 3 N–H and O–H groups in total. The lowest BCUT2D eigenvalue weighted by atomic mass is 9.96. The minimum atomic E-state index is -0.132. The lowest BCUT2D eigenvalue weighted by molar-refractivity contribution is -0.142. The van der Waals surface area contributed by atoms with Gasteiger partial charge in [-0.15, -0.1) is 0 Å². The molecule has 1 heterocycles. The van der Waals surface area contributed by atoms with E-state index >= 15 is 0 Å². The molecule has 1 aliphatic heterocycles. The first-order valence-corrected chi connectivity index (χ1v) is 6.60. The number of nitrogens with zero attached hydrogens (tertiary/aromatic N) is 1. The van der Waals surface area contributed by atoms with Gasteiger partial charge in [-0.2, -0.15) is 0 Å². The number of piperidine rings is 1. The van der Waals surface area contributed by atoms with Gasteiger partial charge in [-0.25, -0.2) is 5.84 Å². The minimum Gasteiger partial charge on any atom is -0.368 e. The maximum absolute atomic E-state index is 11.9. The van der Waals surface area contributed by atoms with Crippen LogP contribution in [0.25, 0.3) is 0 Å². The fourth-order valence-corrected chi connectivity index (χ4v) is 2.33. The maximum Gasteiger partial charge on any atom is 0.248 e. The lowest BCUT2D eigenvalue weighted by Gasteiger charge is -2.32. The van der Waals surface area contributed by atoms with Gasteiger partial charge >= 0.3 is 0 Å². The van der Waals surface area contributed by atoms with Crippen molar-refractivity contribution in [2.24, 2.45) is 11.8 Å². The monoisotopic (exact) mass is 255 g/mol. The summed E-state index contributed by atoms with van der Waals surface area (Å²) in [6, 6.07) is 0. The van der Waals surface area contributed by atoms with Gasteiger partial charge in [0.15, 0.2) is 0 Å². The smallest absolute Gasteiger partial charge is 0.248 e. The number of nitrogens with one attached hydrogen (secondary N) is 1. The number of nitrogens with two attached hydrogens (primary N) is 1. The van der Waals surface area contributed by atoms with Crippen molar-refractivity contribution in [2.75, 3.05) is 19.7 Å². The molecule has 6 nitrogen and oxygen atoms in total. The molecule has 1 saturated heterocycles. The Morgan fingerprint density at radius 3 is 2.39 bits per heavy atom. The molecule has 0 aromatic rings. The Bertz CT molecular complexity index is 310. The molecule has 0 atom stereocenters. The van der Waals surface area contributed by atoms with E-state index in [0.29, 0.717) is 25.9 Å². The molecule has 0 bridgehead atoms. The summed E-state index contributed by atoms with van der Waals surface area (Å²) in [5.41, 5.74) is 2.17. The maximum atomic E-state index is 11.9. The molecule has 1 aliphatic carbocycles. The third-order valence-electron chi connectivity index (χ3n) is 3.86. The fraction of sp³-hybridized carbons (Fsp3) is 0.833. The van der Waals surface area contributed by atoms with Gasteiger partial charge < -0.3 is 9.64 Å². The van der Waals surface area contributed by atoms with Crippen molar-refractivity contribution < 1.29 is 14.3 Å². The number of carbonyl (C=O) groups is 2. The number of carbonyl (C=O) groups excluding carboxylic acids is 2. The summed E-state index contributed by atoms with van der Waals surface area (Å²) in [4.78, 5) is 25.0. The zero-order chi connectivity index (χ0) is 13.0. The quantitative estimate of drug-likeness (QED) is 0.413. The van der Waals surface area contributed by atoms with Gasteiger partial charge in [0, 0.05) is 19.0 Å². The Balaban J connectivity index is 1.68. The zero-order valence-corrected chi connectivity index (χ0v) is 10.6. The highest BCUT2D eigenvalue weighted by atomic mass is 16.5. The third kappa shape index (κ3) is 3.20. The SMILES string of the molecule is NNC(=O)C1CCN(C(=O)COC2CCC2)CC1. The molecule has 0 aromatic carbocycles. The summed E-state index contributed by atoms with van der Waals surface area (Å²) < 4.78 is 5.50. The average molecular weight is 255 g/mol. The van der Waals surface area contributed by atoms with Crippen molar-refractivity contribution in [1.29, 1.82) is 0 Å². The third-order valence-corrected chi connectivity index (χ3v) is 3.86. The van der Waals surface area contributed by atoms with Gasteiger partial charge in [0.05, 0.1) is 6.10 Å². The summed E-state index contributed by atoms with van der Waals surface area (Å²) >= 11 is 0. The predicted octanol–water partition coefficient (Wildman–Crippen LogP) is -0.216. The molecule has 0 unspecified atom stereocenters. The fourth-order valence-electron chi connectivity index (χ4n) is 2.33. The molecule has 0 aromatic heterocycles. The van der Waals surface area contributed by atoms with Gasteiger partial charge in [-0.05, 0) is 32.1 Å². The van der Waals surface area contributed by atoms with E-state index < -0.39 is 0 Å². The summed E-state index contributed by atoms with van der Waals surface area (Å²) in [5, 5.41) is 0. The molecule has 2 aliphatic rings. The summed E-state index contributed by atoms with van der Waals surface area (Å²) in [6.45, 7) is 1.41. The highest BCUT2D eigenvalue weighted by molar-refractivity contribution is 5.80. The number of ether oxygens (including phenoxy) is 1. The number of rotatable bonds is 4. The summed E-state index contributed by atoms with van der Waals surface area (Å²) in [7, 11) is 0. The first-order valence-electron chi connectivity index (χ1n) is 6.60. The highest BCUT2D eigenvalue weighted by Crippen LogP contribution is 2.22. The van der Waals surface area contributed by atoms with E-state index in [1.165, 1.54) is 6.42 Å². The number of hydrazine groups is 1. The van der Waals surface area contributed by atoms with Crippen LogP contribution in [-0.4, -0.2) is 42.5 Å². The predicted molar refractivity (Wildman–Crippen MR) is 65.2 cm³/mol. The van der Waals surface area contributed by atoms with E-state index in [4.69, 9.17) is 10.6 Å². The first kappa shape index (κ1) is 13.3. The van der Waals surface area contributed by atoms with Crippen molar-refractivity contribution in [1.82, 2.24) is 10.3 Å². The molecule has 2 rings (SSSR count). The second-order valence-electron chi connectivity index (χ2n) is 5.03. The lowest BCUT2D eigenvalue weighted by Crippen LogP contribution is -2.45. The van der Waals surface area contributed by atoms with Gasteiger partial charge in [0.2, 0.25) is 11.8 Å².